The summed E-state index contributed by atoms with van der Waals surface area (Å²) in [5.41, 5.74) is 1.40. The molecule has 0 spiro atoms. The first-order valence-electron chi connectivity index (χ1n) is 12.1. The van der Waals surface area contributed by atoms with Crippen molar-refractivity contribution >= 4 is 0 Å². The Morgan fingerprint density at radius 1 is 0.641 bits per heavy atom. The summed E-state index contributed by atoms with van der Waals surface area (Å²) in [5, 5.41) is 0. The van der Waals surface area contributed by atoms with Crippen molar-refractivity contribution < 1.29 is 40.6 Å². The maximum atomic E-state index is 14.9. The molecule has 5 rings (SSSR count). The summed E-state index contributed by atoms with van der Waals surface area (Å²) >= 11 is 0. The highest BCUT2D eigenvalue weighted by Crippen LogP contribution is 2.34. The van der Waals surface area contributed by atoms with Crippen molar-refractivity contribution in [3.05, 3.63) is 113 Å². The van der Waals surface area contributed by atoms with Crippen LogP contribution in [-0.2, 0) is 9.47 Å². The highest BCUT2D eigenvalue weighted by molar-refractivity contribution is 5.72. The lowest BCUT2D eigenvalue weighted by atomic mass is 9.98. The summed E-state index contributed by atoms with van der Waals surface area (Å²) in [5.74, 6) is -6.39. The van der Waals surface area contributed by atoms with Gasteiger partial charge in [0.2, 0.25) is 0 Å². The quantitative estimate of drug-likeness (QED) is 0.231. The highest BCUT2D eigenvalue weighted by atomic mass is 19.2. The smallest absolute Gasteiger partial charge is 0.190 e. The van der Waals surface area contributed by atoms with Crippen LogP contribution in [0.15, 0.2) is 66.7 Å². The van der Waals surface area contributed by atoms with E-state index in [9.17, 15) is 26.3 Å². The Morgan fingerprint density at radius 2 is 1.26 bits per heavy atom. The van der Waals surface area contributed by atoms with Crippen LogP contribution in [0.25, 0.3) is 22.3 Å². The van der Waals surface area contributed by atoms with Gasteiger partial charge >= 0.3 is 0 Å². The third-order valence-corrected chi connectivity index (χ3v) is 6.36. The predicted molar refractivity (Wildman–Crippen MR) is 132 cm³/mol. The topological polar surface area (TPSA) is 27.7 Å². The molecule has 0 aliphatic carbocycles. The van der Waals surface area contributed by atoms with E-state index in [2.05, 4.69) is 0 Å². The lowest BCUT2D eigenvalue weighted by molar-refractivity contribution is -0.208. The van der Waals surface area contributed by atoms with E-state index in [0.717, 1.165) is 35.9 Å². The zero-order chi connectivity index (χ0) is 27.7. The second-order valence-electron chi connectivity index (χ2n) is 9.30. The van der Waals surface area contributed by atoms with Crippen LogP contribution in [0.2, 0.25) is 0 Å². The number of rotatable bonds is 6. The molecule has 1 fully saturated rings. The van der Waals surface area contributed by atoms with Crippen LogP contribution in [0.5, 0.6) is 5.75 Å². The molecule has 3 nitrogen and oxygen atoms in total. The summed E-state index contributed by atoms with van der Waals surface area (Å²) in [6.07, 6.45) is -0.909. The van der Waals surface area contributed by atoms with Crippen molar-refractivity contribution in [1.29, 1.82) is 0 Å². The van der Waals surface area contributed by atoms with Gasteiger partial charge in [-0.2, -0.15) is 0 Å². The van der Waals surface area contributed by atoms with Crippen LogP contribution >= 0.6 is 0 Å². The maximum Gasteiger partial charge on any atom is 0.190 e. The van der Waals surface area contributed by atoms with Crippen molar-refractivity contribution in [3.63, 3.8) is 0 Å². The van der Waals surface area contributed by atoms with E-state index >= 15 is 0 Å². The van der Waals surface area contributed by atoms with Crippen LogP contribution in [0.4, 0.5) is 26.3 Å². The van der Waals surface area contributed by atoms with Crippen LogP contribution in [-0.4, -0.2) is 19.8 Å². The number of hydrogen-bond donors (Lipinski definition) is 0. The molecule has 0 amide bonds. The fourth-order valence-corrected chi connectivity index (χ4v) is 4.32. The van der Waals surface area contributed by atoms with Gasteiger partial charge in [-0.25, -0.2) is 26.3 Å². The summed E-state index contributed by atoms with van der Waals surface area (Å²) in [4.78, 5) is 0. The third-order valence-electron chi connectivity index (χ3n) is 6.36. The Labute approximate surface area is 220 Å². The van der Waals surface area contributed by atoms with Crippen molar-refractivity contribution in [2.45, 2.75) is 13.2 Å². The first-order chi connectivity index (χ1) is 18.7. The van der Waals surface area contributed by atoms with E-state index in [1.54, 1.807) is 13.0 Å². The van der Waals surface area contributed by atoms with E-state index in [1.165, 1.54) is 30.3 Å². The molecule has 0 unspecified atom stereocenters. The Hall–Kier alpha value is -3.82. The summed E-state index contributed by atoms with van der Waals surface area (Å²) in [6, 6.07) is 13.7. The summed E-state index contributed by atoms with van der Waals surface area (Å²) in [6.45, 7) is 1.76. The number of aryl methyl sites for hydroxylation is 1. The van der Waals surface area contributed by atoms with Gasteiger partial charge in [-0.05, 0) is 60.0 Å². The molecule has 4 aromatic carbocycles. The average molecular weight is 544 g/mol. The minimum Gasteiger partial charge on any atom is -0.487 e. The van der Waals surface area contributed by atoms with Crippen LogP contribution in [0.3, 0.4) is 0 Å². The van der Waals surface area contributed by atoms with Crippen molar-refractivity contribution in [2.24, 2.45) is 5.92 Å². The first-order valence-corrected chi connectivity index (χ1v) is 12.1. The third kappa shape index (κ3) is 5.79. The van der Waals surface area contributed by atoms with Crippen molar-refractivity contribution in [3.8, 4) is 28.0 Å². The molecule has 0 saturated carbocycles. The zero-order valence-corrected chi connectivity index (χ0v) is 20.6. The molecule has 0 bridgehead atoms. The fourth-order valence-electron chi connectivity index (χ4n) is 4.32. The molecule has 1 heterocycles. The maximum absolute atomic E-state index is 14.9. The summed E-state index contributed by atoms with van der Waals surface area (Å²) < 4.78 is 102. The van der Waals surface area contributed by atoms with Crippen LogP contribution < -0.4 is 4.74 Å². The molecule has 202 valence electrons. The standard InChI is InChI=1S/C30H22F6O3/c1-16-2-5-21(24(32)8-16)18-3-6-22(25(33)9-18)20-11-27(35)29(28(36)12-20)37-13-17-14-38-30(39-15-17)19-4-7-23(31)26(34)10-19/h2-12,17,30H,13-15H2,1H3. The lowest BCUT2D eigenvalue weighted by Gasteiger charge is -2.29. The molecular formula is C30H22F6O3. The number of halogens is 6. The molecule has 0 N–H and O–H groups in total. The SMILES string of the molecule is Cc1ccc(-c2ccc(-c3cc(F)c(OCC4COC(c5ccc(F)c(F)c5)OC4)c(F)c3)c(F)c2)c(F)c1. The van der Waals surface area contributed by atoms with Gasteiger partial charge < -0.3 is 14.2 Å². The van der Waals surface area contributed by atoms with E-state index in [4.69, 9.17) is 14.2 Å². The van der Waals surface area contributed by atoms with Gasteiger partial charge in [-0.15, -0.1) is 0 Å². The average Bonchev–Trinajstić information content (AvgIpc) is 2.90. The molecule has 0 aromatic heterocycles. The normalized spacial score (nSPS) is 17.3. The van der Waals surface area contributed by atoms with Crippen molar-refractivity contribution in [2.75, 3.05) is 19.8 Å². The highest BCUT2D eigenvalue weighted by Gasteiger charge is 2.26. The lowest BCUT2D eigenvalue weighted by Crippen LogP contribution is -2.31. The fraction of sp³-hybridized carbons (Fsp3) is 0.200. The largest absolute Gasteiger partial charge is 0.487 e. The van der Waals surface area contributed by atoms with Gasteiger partial charge in [-0.1, -0.05) is 30.3 Å². The molecule has 9 heteroatoms. The summed E-state index contributed by atoms with van der Waals surface area (Å²) in [7, 11) is 0. The predicted octanol–water partition coefficient (Wildman–Crippen LogP) is 7.90. The Bertz CT molecular complexity index is 1490. The molecular weight excluding hydrogens is 522 g/mol. The van der Waals surface area contributed by atoms with Crippen LogP contribution in [0, 0.1) is 47.7 Å². The number of hydrogen-bond acceptors (Lipinski definition) is 3. The van der Waals surface area contributed by atoms with Gasteiger partial charge in [0.05, 0.1) is 19.8 Å². The Kier molecular flexibility index (Phi) is 7.63. The molecule has 39 heavy (non-hydrogen) atoms. The molecule has 1 aliphatic heterocycles. The monoisotopic (exact) mass is 544 g/mol. The minimum atomic E-state index is -1.03. The first kappa shape index (κ1) is 26.8. The van der Waals surface area contributed by atoms with Gasteiger partial charge in [0.1, 0.15) is 11.6 Å². The molecule has 4 aromatic rings. The Morgan fingerprint density at radius 3 is 1.90 bits per heavy atom. The molecule has 1 saturated heterocycles. The van der Waals surface area contributed by atoms with Gasteiger partial charge in [-0.3, -0.25) is 0 Å². The van der Waals surface area contributed by atoms with Gasteiger partial charge in [0.15, 0.2) is 35.3 Å². The van der Waals surface area contributed by atoms with E-state index in [0.29, 0.717) is 11.1 Å². The van der Waals surface area contributed by atoms with Gasteiger partial charge in [0.25, 0.3) is 0 Å². The second kappa shape index (κ2) is 11.1. The zero-order valence-electron chi connectivity index (χ0n) is 20.6. The molecule has 0 radical (unpaired) electrons. The van der Waals surface area contributed by atoms with Gasteiger partial charge in [0, 0.05) is 22.6 Å². The van der Waals surface area contributed by atoms with E-state index in [-0.39, 0.29) is 36.5 Å². The number of benzene rings is 4. The van der Waals surface area contributed by atoms with Crippen molar-refractivity contribution in [1.82, 2.24) is 0 Å². The molecule has 0 atom stereocenters. The second-order valence-corrected chi connectivity index (χ2v) is 9.30. The van der Waals surface area contributed by atoms with E-state index in [1.807, 2.05) is 0 Å². The number of ether oxygens (including phenoxy) is 3. The van der Waals surface area contributed by atoms with Crippen LogP contribution in [0.1, 0.15) is 17.4 Å². The Balaban J connectivity index is 1.25. The minimum absolute atomic E-state index is 0.0514. The van der Waals surface area contributed by atoms with E-state index < -0.39 is 52.9 Å². The molecule has 1 aliphatic rings.